The summed E-state index contributed by atoms with van der Waals surface area (Å²) in [4.78, 5) is 7.91. The maximum atomic E-state index is 12.8. The molecule has 2 aromatic rings. The van der Waals surface area contributed by atoms with Gasteiger partial charge in [0.2, 0.25) is 5.95 Å². The van der Waals surface area contributed by atoms with Crippen LogP contribution in [0.4, 0.5) is 20.4 Å². The number of halogens is 4. The SMILES string of the molecule is N/C(=C\Nc1ccc(Cl)c(C(F)F)c1)CNc1ncc(Cl)cn1. The second kappa shape index (κ2) is 7.94. The zero-order valence-corrected chi connectivity index (χ0v) is 13.2. The molecular formula is C14H13Cl2F2N5. The fourth-order valence-corrected chi connectivity index (χ4v) is 1.91. The summed E-state index contributed by atoms with van der Waals surface area (Å²) in [5.74, 6) is 0.372. The summed E-state index contributed by atoms with van der Waals surface area (Å²) >= 11 is 11.4. The first-order chi connectivity index (χ1) is 11.0. The highest BCUT2D eigenvalue weighted by Gasteiger charge is 2.12. The Hall–Kier alpha value is -2.12. The molecule has 0 spiro atoms. The number of aromatic nitrogens is 2. The number of anilines is 2. The van der Waals surface area contributed by atoms with Gasteiger partial charge < -0.3 is 16.4 Å². The maximum Gasteiger partial charge on any atom is 0.265 e. The number of hydrogen-bond donors (Lipinski definition) is 3. The molecule has 1 aromatic carbocycles. The number of hydrogen-bond acceptors (Lipinski definition) is 5. The van der Waals surface area contributed by atoms with Crippen molar-refractivity contribution in [1.29, 1.82) is 0 Å². The average Bonchev–Trinajstić information content (AvgIpc) is 2.53. The van der Waals surface area contributed by atoms with E-state index in [1.807, 2.05) is 0 Å². The van der Waals surface area contributed by atoms with Crippen molar-refractivity contribution >= 4 is 34.8 Å². The Morgan fingerprint density at radius 1 is 1.26 bits per heavy atom. The second-order valence-electron chi connectivity index (χ2n) is 4.48. The summed E-state index contributed by atoms with van der Waals surface area (Å²) in [7, 11) is 0. The standard InChI is InChI=1S/C14H13Cl2F2N5/c15-8-4-21-14(22-5-8)23-7-9(19)6-20-10-1-2-12(16)11(3-10)13(17)18/h1-6,13,20H,7,19H2,(H,21,22,23)/b9-6-. The quantitative estimate of drug-likeness (QED) is 0.725. The lowest BCUT2D eigenvalue weighted by molar-refractivity contribution is 0.151. The van der Waals surface area contributed by atoms with E-state index in [1.54, 1.807) is 6.07 Å². The Bertz CT molecular complexity index is 692. The van der Waals surface area contributed by atoms with Gasteiger partial charge in [-0.2, -0.15) is 0 Å². The van der Waals surface area contributed by atoms with Crippen molar-refractivity contribution in [1.82, 2.24) is 9.97 Å². The van der Waals surface area contributed by atoms with Crippen LogP contribution in [0.1, 0.15) is 12.0 Å². The van der Waals surface area contributed by atoms with Crippen molar-refractivity contribution in [3.05, 3.63) is 58.1 Å². The van der Waals surface area contributed by atoms with Crippen LogP contribution in [0.15, 0.2) is 42.5 Å². The zero-order valence-electron chi connectivity index (χ0n) is 11.7. The Balaban J connectivity index is 1.94. The van der Waals surface area contributed by atoms with Crippen LogP contribution >= 0.6 is 23.2 Å². The van der Waals surface area contributed by atoms with E-state index < -0.39 is 6.43 Å². The van der Waals surface area contributed by atoms with E-state index in [9.17, 15) is 8.78 Å². The summed E-state index contributed by atoms with van der Waals surface area (Å²) in [6.07, 6.45) is 1.75. The topological polar surface area (TPSA) is 75.9 Å². The average molecular weight is 360 g/mol. The Labute approximate surface area is 141 Å². The van der Waals surface area contributed by atoms with E-state index in [-0.39, 0.29) is 17.1 Å². The van der Waals surface area contributed by atoms with Crippen LogP contribution in [0.25, 0.3) is 0 Å². The molecule has 0 saturated carbocycles. The molecule has 0 aliphatic heterocycles. The van der Waals surface area contributed by atoms with Crippen molar-refractivity contribution in [3.63, 3.8) is 0 Å². The smallest absolute Gasteiger partial charge is 0.265 e. The van der Waals surface area contributed by atoms with Crippen LogP contribution in [0.5, 0.6) is 0 Å². The molecule has 0 aliphatic carbocycles. The number of nitrogens with one attached hydrogen (secondary N) is 2. The molecule has 5 nitrogen and oxygen atoms in total. The molecule has 23 heavy (non-hydrogen) atoms. The van der Waals surface area contributed by atoms with Gasteiger partial charge >= 0.3 is 0 Å². The lowest BCUT2D eigenvalue weighted by Crippen LogP contribution is -2.14. The zero-order chi connectivity index (χ0) is 16.8. The molecule has 1 heterocycles. The molecule has 0 radical (unpaired) electrons. The minimum atomic E-state index is -2.64. The molecule has 122 valence electrons. The van der Waals surface area contributed by atoms with Gasteiger partial charge in [-0.1, -0.05) is 23.2 Å². The number of alkyl halides is 2. The Morgan fingerprint density at radius 2 is 1.96 bits per heavy atom. The van der Waals surface area contributed by atoms with E-state index >= 15 is 0 Å². The van der Waals surface area contributed by atoms with Crippen LogP contribution in [0.3, 0.4) is 0 Å². The summed E-state index contributed by atoms with van der Waals surface area (Å²) in [6, 6.07) is 4.25. The lowest BCUT2D eigenvalue weighted by atomic mass is 10.2. The van der Waals surface area contributed by atoms with E-state index in [4.69, 9.17) is 28.9 Å². The third kappa shape index (κ3) is 5.22. The summed E-state index contributed by atoms with van der Waals surface area (Å²) in [6.45, 7) is 0.268. The van der Waals surface area contributed by atoms with E-state index in [0.717, 1.165) is 0 Å². The van der Waals surface area contributed by atoms with E-state index in [1.165, 1.54) is 30.7 Å². The van der Waals surface area contributed by atoms with Gasteiger partial charge in [-0.3, -0.25) is 0 Å². The third-order valence-corrected chi connectivity index (χ3v) is 3.27. The number of nitrogens with two attached hydrogens (primary N) is 1. The molecule has 0 saturated heterocycles. The summed E-state index contributed by atoms with van der Waals surface area (Å²) in [5.41, 5.74) is 6.45. The van der Waals surface area contributed by atoms with Crippen molar-refractivity contribution in [2.75, 3.05) is 17.2 Å². The van der Waals surface area contributed by atoms with Gasteiger partial charge in [0.05, 0.1) is 24.0 Å². The predicted octanol–water partition coefficient (Wildman–Crippen LogP) is 4.05. The molecule has 0 atom stereocenters. The normalized spacial score (nSPS) is 11.6. The van der Waals surface area contributed by atoms with Crippen molar-refractivity contribution in [3.8, 4) is 0 Å². The second-order valence-corrected chi connectivity index (χ2v) is 5.32. The van der Waals surface area contributed by atoms with Crippen molar-refractivity contribution in [2.45, 2.75) is 6.43 Å². The highest BCUT2D eigenvalue weighted by molar-refractivity contribution is 6.31. The van der Waals surface area contributed by atoms with Crippen LogP contribution < -0.4 is 16.4 Å². The molecule has 2 rings (SSSR count). The van der Waals surface area contributed by atoms with Gasteiger partial charge in [-0.15, -0.1) is 0 Å². The molecule has 0 aliphatic rings. The van der Waals surface area contributed by atoms with Crippen molar-refractivity contribution in [2.24, 2.45) is 5.73 Å². The monoisotopic (exact) mass is 359 g/mol. The maximum absolute atomic E-state index is 12.8. The third-order valence-electron chi connectivity index (χ3n) is 2.73. The molecule has 0 bridgehead atoms. The first kappa shape index (κ1) is 17.2. The van der Waals surface area contributed by atoms with E-state index in [0.29, 0.717) is 22.4 Å². The highest BCUT2D eigenvalue weighted by atomic mass is 35.5. The van der Waals surface area contributed by atoms with E-state index in [2.05, 4.69) is 20.6 Å². The lowest BCUT2D eigenvalue weighted by Gasteiger charge is -2.08. The highest BCUT2D eigenvalue weighted by Crippen LogP contribution is 2.29. The molecular weight excluding hydrogens is 347 g/mol. The number of nitrogens with zero attached hydrogens (tertiary/aromatic N) is 2. The minimum absolute atomic E-state index is 0.0176. The van der Waals surface area contributed by atoms with Crippen LogP contribution in [0.2, 0.25) is 10.0 Å². The van der Waals surface area contributed by atoms with Crippen molar-refractivity contribution < 1.29 is 8.78 Å². The number of benzene rings is 1. The van der Waals surface area contributed by atoms with Crippen LogP contribution in [-0.2, 0) is 0 Å². The molecule has 0 fully saturated rings. The molecule has 0 unspecified atom stereocenters. The Morgan fingerprint density at radius 3 is 2.61 bits per heavy atom. The summed E-state index contributed by atoms with van der Waals surface area (Å²) in [5, 5.41) is 6.17. The first-order valence-corrected chi connectivity index (χ1v) is 7.21. The fraction of sp³-hybridized carbons (Fsp3) is 0.143. The van der Waals surface area contributed by atoms with Gasteiger partial charge in [-0.05, 0) is 18.2 Å². The van der Waals surface area contributed by atoms with Gasteiger partial charge in [0, 0.05) is 28.2 Å². The molecule has 4 N–H and O–H groups in total. The summed E-state index contributed by atoms with van der Waals surface area (Å²) < 4.78 is 25.5. The van der Waals surface area contributed by atoms with Gasteiger partial charge in [-0.25, -0.2) is 18.7 Å². The van der Waals surface area contributed by atoms with Crippen LogP contribution in [0, 0.1) is 0 Å². The van der Waals surface area contributed by atoms with Gasteiger partial charge in [0.1, 0.15) is 0 Å². The fourth-order valence-electron chi connectivity index (χ4n) is 1.61. The minimum Gasteiger partial charge on any atom is -0.399 e. The molecule has 1 aromatic heterocycles. The number of rotatable bonds is 6. The molecule has 9 heteroatoms. The first-order valence-electron chi connectivity index (χ1n) is 6.46. The van der Waals surface area contributed by atoms with Gasteiger partial charge in [0.25, 0.3) is 6.43 Å². The predicted molar refractivity (Wildman–Crippen MR) is 87.8 cm³/mol. The Kier molecular flexibility index (Phi) is 5.95. The van der Waals surface area contributed by atoms with Crippen LogP contribution in [-0.4, -0.2) is 16.5 Å². The largest absolute Gasteiger partial charge is 0.399 e. The molecule has 0 amide bonds. The van der Waals surface area contributed by atoms with Gasteiger partial charge in [0.15, 0.2) is 0 Å².